The molecule has 4 atom stereocenters. The van der Waals surface area contributed by atoms with Crippen LogP contribution < -0.4 is 10.6 Å². The number of carbonyl (C=O) groups is 2. The molecule has 0 aliphatic carbocycles. The molecule has 2 N–H and O–H groups in total. The lowest BCUT2D eigenvalue weighted by Gasteiger charge is -2.50. The molecule has 3 aliphatic rings. The van der Waals surface area contributed by atoms with Crippen LogP contribution in [0.3, 0.4) is 0 Å². The average molecular weight is 533 g/mol. The molecule has 10 nitrogen and oxygen atoms in total. The lowest BCUT2D eigenvalue weighted by molar-refractivity contribution is -0.125. The zero-order chi connectivity index (χ0) is 25.5. The summed E-state index contributed by atoms with van der Waals surface area (Å²) in [4.78, 5) is 29.3. The molecule has 3 heterocycles. The lowest BCUT2D eigenvalue weighted by atomic mass is 9.94. The van der Waals surface area contributed by atoms with Crippen molar-refractivity contribution in [2.45, 2.75) is 24.2 Å². The van der Waals surface area contributed by atoms with Crippen LogP contribution in [0.15, 0.2) is 60.7 Å². The highest BCUT2D eigenvalue weighted by Crippen LogP contribution is 2.37. The van der Waals surface area contributed by atoms with Gasteiger partial charge >= 0.3 is 0 Å². The van der Waals surface area contributed by atoms with E-state index in [1.807, 2.05) is 12.1 Å². The summed E-state index contributed by atoms with van der Waals surface area (Å²) in [6, 6.07) is 15.4. The zero-order valence-corrected chi connectivity index (χ0v) is 21.1. The third-order valence-corrected chi connectivity index (χ3v) is 10.5. The first-order valence-corrected chi connectivity index (χ1v) is 15.4. The quantitative estimate of drug-likeness (QED) is 0.540. The topological polar surface area (TPSA) is 133 Å². The predicted octanol–water partition coefficient (Wildman–Crippen LogP) is 0.213. The molecule has 2 aromatic carbocycles. The Morgan fingerprint density at radius 3 is 1.22 bits per heavy atom. The number of anilines is 2. The molecule has 192 valence electrons. The summed E-state index contributed by atoms with van der Waals surface area (Å²) in [7, 11) is -6.88. The number of rotatable bonds is 6. The third-order valence-electron chi connectivity index (χ3n) is 7.06. The number of amides is 2. The van der Waals surface area contributed by atoms with Crippen LogP contribution in [0, 0.1) is 0 Å². The maximum Gasteiger partial charge on any atom is 0.238 e. The molecule has 0 spiro atoms. The number of carbonyl (C=O) groups excluding carboxylic acids is 2. The van der Waals surface area contributed by atoms with Crippen molar-refractivity contribution < 1.29 is 26.4 Å². The number of benzene rings is 2. The molecule has 36 heavy (non-hydrogen) atoms. The molecule has 3 saturated heterocycles. The Labute approximate surface area is 210 Å². The molecule has 2 aromatic rings. The Morgan fingerprint density at radius 2 is 0.917 bits per heavy atom. The highest BCUT2D eigenvalue weighted by atomic mass is 32.2. The summed E-state index contributed by atoms with van der Waals surface area (Å²) >= 11 is 0. The van der Waals surface area contributed by atoms with Gasteiger partial charge in [0.1, 0.15) is 0 Å². The molecule has 5 rings (SSSR count). The molecular weight excluding hydrogens is 504 g/mol. The molecule has 0 aromatic heterocycles. The fourth-order valence-electron chi connectivity index (χ4n) is 5.62. The van der Waals surface area contributed by atoms with Crippen molar-refractivity contribution in [3.05, 3.63) is 60.7 Å². The Kier molecular flexibility index (Phi) is 6.62. The van der Waals surface area contributed by atoms with Crippen molar-refractivity contribution in [2.75, 3.05) is 46.7 Å². The van der Waals surface area contributed by atoms with Gasteiger partial charge in [-0.15, -0.1) is 0 Å². The van der Waals surface area contributed by atoms with E-state index < -0.39 is 43.8 Å². The summed E-state index contributed by atoms with van der Waals surface area (Å²) in [5.74, 6) is -1.43. The summed E-state index contributed by atoms with van der Waals surface area (Å²) < 4.78 is 50.9. The molecule has 2 amide bonds. The van der Waals surface area contributed by atoms with Crippen molar-refractivity contribution in [1.82, 2.24) is 9.80 Å². The van der Waals surface area contributed by atoms with Crippen molar-refractivity contribution in [3.8, 4) is 0 Å². The maximum atomic E-state index is 12.9. The number of hydrogen-bond donors (Lipinski definition) is 2. The number of hydrogen-bond acceptors (Lipinski definition) is 8. The summed E-state index contributed by atoms with van der Waals surface area (Å²) in [6.45, 7) is -0.265. The van der Waals surface area contributed by atoms with Crippen molar-refractivity contribution in [3.63, 3.8) is 0 Å². The smallest absolute Gasteiger partial charge is 0.238 e. The van der Waals surface area contributed by atoms with Crippen LogP contribution in [0.4, 0.5) is 11.4 Å². The fraction of sp³-hybridized carbons (Fsp3) is 0.417. The van der Waals surface area contributed by atoms with E-state index in [1.165, 1.54) is 0 Å². The van der Waals surface area contributed by atoms with E-state index in [9.17, 15) is 26.4 Å². The predicted molar refractivity (Wildman–Crippen MR) is 136 cm³/mol. The highest BCUT2D eigenvalue weighted by Gasteiger charge is 2.58. The van der Waals surface area contributed by atoms with Crippen LogP contribution >= 0.6 is 0 Å². The van der Waals surface area contributed by atoms with E-state index in [4.69, 9.17) is 0 Å². The largest absolute Gasteiger partial charge is 0.325 e. The molecule has 12 heteroatoms. The second-order valence-corrected chi connectivity index (χ2v) is 13.9. The van der Waals surface area contributed by atoms with Crippen LogP contribution in [0.5, 0.6) is 0 Å². The van der Waals surface area contributed by atoms with Crippen LogP contribution in [0.1, 0.15) is 0 Å². The van der Waals surface area contributed by atoms with E-state index in [-0.39, 0.29) is 47.9 Å². The van der Waals surface area contributed by atoms with Crippen molar-refractivity contribution in [2.24, 2.45) is 0 Å². The Bertz CT molecular complexity index is 1210. The van der Waals surface area contributed by atoms with Crippen LogP contribution in [-0.2, 0) is 29.3 Å². The molecular formula is C24H28N4O6S2. The molecule has 4 unspecified atom stereocenters. The summed E-state index contributed by atoms with van der Waals surface area (Å²) in [6.07, 6.45) is 0. The molecule has 3 aliphatic heterocycles. The van der Waals surface area contributed by atoms with Gasteiger partial charge in [-0.1, -0.05) is 36.4 Å². The minimum absolute atomic E-state index is 0.133. The Hall–Kier alpha value is -2.80. The van der Waals surface area contributed by atoms with Gasteiger partial charge in [0, 0.05) is 35.5 Å². The van der Waals surface area contributed by atoms with E-state index in [1.54, 1.807) is 58.3 Å². The van der Waals surface area contributed by atoms with Crippen LogP contribution in [-0.4, -0.2) is 98.7 Å². The number of fused-ring (bicyclic) bond motifs is 2. The first-order valence-electron chi connectivity index (χ1n) is 11.7. The second-order valence-electron chi connectivity index (χ2n) is 9.60. The number of para-hydroxylation sites is 2. The van der Waals surface area contributed by atoms with E-state index in [0.29, 0.717) is 11.4 Å². The monoisotopic (exact) mass is 532 g/mol. The number of nitrogens with one attached hydrogen (secondary N) is 2. The number of piperazine rings is 1. The van der Waals surface area contributed by atoms with Gasteiger partial charge in [0.25, 0.3) is 0 Å². The second kappa shape index (κ2) is 9.58. The Balaban J connectivity index is 1.41. The maximum absolute atomic E-state index is 12.9. The van der Waals surface area contributed by atoms with E-state index in [2.05, 4.69) is 10.6 Å². The SMILES string of the molecule is O=C(CN1C2CS(=O)(=O)CC2N(CC(=O)Nc2ccccc2)C2CS(=O)(=O)CC21)Nc1ccccc1. The van der Waals surface area contributed by atoms with Crippen molar-refractivity contribution in [1.29, 1.82) is 0 Å². The van der Waals surface area contributed by atoms with Gasteiger partial charge in [-0.25, -0.2) is 16.8 Å². The van der Waals surface area contributed by atoms with Gasteiger partial charge < -0.3 is 10.6 Å². The average Bonchev–Trinajstić information content (AvgIpc) is 3.32. The first kappa shape index (κ1) is 24.9. The van der Waals surface area contributed by atoms with E-state index in [0.717, 1.165) is 0 Å². The highest BCUT2D eigenvalue weighted by molar-refractivity contribution is 7.92. The van der Waals surface area contributed by atoms with Gasteiger partial charge in [0.15, 0.2) is 19.7 Å². The minimum Gasteiger partial charge on any atom is -0.325 e. The standard InChI is InChI=1S/C24H28N4O6S2/c29-23(25-17-7-3-1-4-8-17)11-27-19-13-35(31,32)15-21(19)28(22-16-36(33,34)14-20(22)27)12-24(30)26-18-9-5-2-6-10-18/h1-10,19-22H,11-16H2,(H,25,29)(H,26,30). The van der Waals surface area contributed by atoms with Gasteiger partial charge in [-0.05, 0) is 24.3 Å². The zero-order valence-electron chi connectivity index (χ0n) is 19.5. The van der Waals surface area contributed by atoms with Crippen LogP contribution in [0.25, 0.3) is 0 Å². The van der Waals surface area contributed by atoms with Gasteiger partial charge in [-0.2, -0.15) is 0 Å². The van der Waals surface area contributed by atoms with Crippen molar-refractivity contribution >= 4 is 42.9 Å². The van der Waals surface area contributed by atoms with Gasteiger partial charge in [-0.3, -0.25) is 19.4 Å². The molecule has 0 bridgehead atoms. The number of nitrogens with zero attached hydrogens (tertiary/aromatic N) is 2. The van der Waals surface area contributed by atoms with Crippen LogP contribution in [0.2, 0.25) is 0 Å². The molecule has 0 saturated carbocycles. The normalized spacial score (nSPS) is 28.7. The fourth-order valence-corrected chi connectivity index (χ4v) is 9.63. The van der Waals surface area contributed by atoms with E-state index >= 15 is 0 Å². The van der Waals surface area contributed by atoms with Gasteiger partial charge in [0.2, 0.25) is 11.8 Å². The summed E-state index contributed by atoms with van der Waals surface area (Å²) in [5.41, 5.74) is 1.20. The lowest BCUT2D eigenvalue weighted by Crippen LogP contribution is -2.69. The number of sulfone groups is 2. The minimum atomic E-state index is -3.44. The summed E-state index contributed by atoms with van der Waals surface area (Å²) in [5, 5.41) is 5.61. The first-order chi connectivity index (χ1) is 17.1. The molecule has 0 radical (unpaired) electrons. The third kappa shape index (κ3) is 5.31. The Morgan fingerprint density at radius 1 is 0.611 bits per heavy atom. The van der Waals surface area contributed by atoms with Gasteiger partial charge in [0.05, 0.1) is 36.1 Å². The molecule has 3 fully saturated rings.